The van der Waals surface area contributed by atoms with E-state index in [-0.39, 0.29) is 12.5 Å². The average Bonchev–Trinajstić information content (AvgIpc) is 2.52. The molecule has 1 aliphatic heterocycles. The number of likely N-dealkylation sites (tertiary alicyclic amines) is 1. The van der Waals surface area contributed by atoms with Crippen molar-refractivity contribution in [2.45, 2.75) is 18.9 Å². The second-order valence-corrected chi connectivity index (χ2v) is 5.53. The number of benzene rings is 1. The molecule has 4 heteroatoms. The normalized spacial score (nSPS) is 15.7. The maximum atomic E-state index is 12.5. The number of piperidine rings is 1. The number of nitrogens with zero attached hydrogens (tertiary/aromatic N) is 2. The first-order chi connectivity index (χ1) is 10.1. The molecule has 1 amide bonds. The summed E-state index contributed by atoms with van der Waals surface area (Å²) in [5.41, 5.74) is 1.43. The number of carbonyl (C=O) groups excluding carboxylic acids is 1. The van der Waals surface area contributed by atoms with Gasteiger partial charge in [-0.2, -0.15) is 0 Å². The van der Waals surface area contributed by atoms with Gasteiger partial charge in [-0.05, 0) is 45.1 Å². The number of rotatable bonds is 2. The van der Waals surface area contributed by atoms with Crippen molar-refractivity contribution in [1.82, 2.24) is 9.80 Å². The Labute approximate surface area is 126 Å². The van der Waals surface area contributed by atoms with Crippen LogP contribution in [-0.4, -0.2) is 60.6 Å². The first-order valence-electron chi connectivity index (χ1n) is 7.27. The zero-order valence-electron chi connectivity index (χ0n) is 12.7. The van der Waals surface area contributed by atoms with E-state index < -0.39 is 0 Å². The fourth-order valence-electron chi connectivity index (χ4n) is 2.64. The Bertz CT molecular complexity index is 549. The highest BCUT2D eigenvalue weighted by atomic mass is 16.2. The third-order valence-corrected chi connectivity index (χ3v) is 3.90. The Hall–Kier alpha value is -1.83. The largest absolute Gasteiger partial charge is 0.384 e. The van der Waals surface area contributed by atoms with Crippen molar-refractivity contribution in [3.8, 4) is 11.8 Å². The van der Waals surface area contributed by atoms with Crippen molar-refractivity contribution >= 4 is 5.91 Å². The third-order valence-electron chi connectivity index (χ3n) is 3.90. The molecular formula is C17H22N2O2. The van der Waals surface area contributed by atoms with Gasteiger partial charge in [0.05, 0.1) is 0 Å². The zero-order chi connectivity index (χ0) is 15.2. The van der Waals surface area contributed by atoms with Crippen LogP contribution in [0.25, 0.3) is 0 Å². The summed E-state index contributed by atoms with van der Waals surface area (Å²) in [6.07, 6.45) is 2.03. The van der Waals surface area contributed by atoms with Crippen LogP contribution in [0, 0.1) is 11.8 Å². The number of amides is 1. The molecule has 112 valence electrons. The third kappa shape index (κ3) is 4.07. The molecule has 0 saturated carbocycles. The van der Waals surface area contributed by atoms with Gasteiger partial charge < -0.3 is 14.9 Å². The van der Waals surface area contributed by atoms with Gasteiger partial charge in [0.2, 0.25) is 0 Å². The van der Waals surface area contributed by atoms with Crippen LogP contribution in [0.1, 0.15) is 28.8 Å². The van der Waals surface area contributed by atoms with Crippen LogP contribution in [0.4, 0.5) is 0 Å². The van der Waals surface area contributed by atoms with Crippen LogP contribution in [0.5, 0.6) is 0 Å². The summed E-state index contributed by atoms with van der Waals surface area (Å²) < 4.78 is 0. The molecule has 1 aromatic rings. The summed E-state index contributed by atoms with van der Waals surface area (Å²) in [5.74, 6) is 5.51. The Morgan fingerprint density at radius 3 is 2.71 bits per heavy atom. The monoisotopic (exact) mass is 286 g/mol. The molecule has 0 bridgehead atoms. The van der Waals surface area contributed by atoms with Gasteiger partial charge in [0.1, 0.15) is 6.61 Å². The van der Waals surface area contributed by atoms with Gasteiger partial charge in [0.25, 0.3) is 5.91 Å². The lowest BCUT2D eigenvalue weighted by atomic mass is 10.0. The molecule has 0 spiro atoms. The summed E-state index contributed by atoms with van der Waals surface area (Å²) in [5, 5.41) is 8.73. The average molecular weight is 286 g/mol. The Morgan fingerprint density at radius 1 is 1.38 bits per heavy atom. The van der Waals surface area contributed by atoms with Gasteiger partial charge in [-0.25, -0.2) is 0 Å². The number of aliphatic hydroxyl groups is 1. The molecule has 0 radical (unpaired) electrons. The molecule has 0 aromatic heterocycles. The van der Waals surface area contributed by atoms with Crippen molar-refractivity contribution in [2.75, 3.05) is 33.8 Å². The van der Waals surface area contributed by atoms with Gasteiger partial charge in [-0.3, -0.25) is 4.79 Å². The second-order valence-electron chi connectivity index (χ2n) is 5.53. The van der Waals surface area contributed by atoms with Crippen molar-refractivity contribution in [1.29, 1.82) is 0 Å². The number of carbonyl (C=O) groups is 1. The quantitative estimate of drug-likeness (QED) is 0.831. The molecule has 1 fully saturated rings. The lowest BCUT2D eigenvalue weighted by Crippen LogP contribution is -2.44. The highest BCUT2D eigenvalue weighted by Crippen LogP contribution is 2.17. The van der Waals surface area contributed by atoms with Gasteiger partial charge in [0.15, 0.2) is 0 Å². The van der Waals surface area contributed by atoms with E-state index in [1.54, 1.807) is 6.07 Å². The van der Waals surface area contributed by atoms with E-state index in [4.69, 9.17) is 5.11 Å². The van der Waals surface area contributed by atoms with Crippen molar-refractivity contribution in [2.24, 2.45) is 0 Å². The minimum Gasteiger partial charge on any atom is -0.384 e. The molecule has 1 aliphatic rings. The molecule has 1 aromatic carbocycles. The van der Waals surface area contributed by atoms with Gasteiger partial charge >= 0.3 is 0 Å². The van der Waals surface area contributed by atoms with Gasteiger partial charge in [-0.15, -0.1) is 0 Å². The fourth-order valence-corrected chi connectivity index (χ4v) is 2.64. The minimum atomic E-state index is -0.170. The van der Waals surface area contributed by atoms with Crippen molar-refractivity contribution < 1.29 is 9.90 Å². The smallest absolute Gasteiger partial charge is 0.253 e. The van der Waals surface area contributed by atoms with E-state index in [9.17, 15) is 4.79 Å². The van der Waals surface area contributed by atoms with Crippen LogP contribution in [0.2, 0.25) is 0 Å². The van der Waals surface area contributed by atoms with E-state index in [2.05, 4.69) is 30.8 Å². The van der Waals surface area contributed by atoms with Gasteiger partial charge in [-0.1, -0.05) is 17.9 Å². The number of hydrogen-bond acceptors (Lipinski definition) is 3. The molecule has 1 saturated heterocycles. The highest BCUT2D eigenvalue weighted by Gasteiger charge is 2.24. The van der Waals surface area contributed by atoms with Crippen LogP contribution >= 0.6 is 0 Å². The van der Waals surface area contributed by atoms with Crippen LogP contribution in [-0.2, 0) is 0 Å². The standard InChI is InChI=1S/C17H22N2O2/c1-18(2)16-8-10-19(11-9-16)17(21)15-7-3-5-14(13-15)6-4-12-20/h3,5,7,13,16,20H,8-12H2,1-2H3. The second kappa shape index (κ2) is 7.26. The molecule has 4 nitrogen and oxygen atoms in total. The number of hydrogen-bond donors (Lipinski definition) is 1. The molecule has 1 heterocycles. The van der Waals surface area contributed by atoms with Crippen LogP contribution in [0.15, 0.2) is 24.3 Å². The van der Waals surface area contributed by atoms with E-state index in [1.807, 2.05) is 23.1 Å². The Morgan fingerprint density at radius 2 is 2.10 bits per heavy atom. The minimum absolute atomic E-state index is 0.0693. The summed E-state index contributed by atoms with van der Waals surface area (Å²) >= 11 is 0. The highest BCUT2D eigenvalue weighted by molar-refractivity contribution is 5.94. The lowest BCUT2D eigenvalue weighted by molar-refractivity contribution is 0.0663. The summed E-state index contributed by atoms with van der Waals surface area (Å²) in [6, 6.07) is 7.86. The topological polar surface area (TPSA) is 43.8 Å². The van der Waals surface area contributed by atoms with Crippen LogP contribution < -0.4 is 0 Å². The Balaban J connectivity index is 2.04. The predicted octanol–water partition coefficient (Wildman–Crippen LogP) is 1.20. The first kappa shape index (κ1) is 15.6. The van der Waals surface area contributed by atoms with E-state index in [0.717, 1.165) is 31.5 Å². The Kier molecular flexibility index (Phi) is 5.38. The maximum absolute atomic E-state index is 12.5. The van der Waals surface area contributed by atoms with E-state index in [1.165, 1.54) is 0 Å². The molecule has 21 heavy (non-hydrogen) atoms. The van der Waals surface area contributed by atoms with Crippen molar-refractivity contribution in [3.05, 3.63) is 35.4 Å². The van der Waals surface area contributed by atoms with E-state index >= 15 is 0 Å². The van der Waals surface area contributed by atoms with Crippen molar-refractivity contribution in [3.63, 3.8) is 0 Å². The first-order valence-corrected chi connectivity index (χ1v) is 7.27. The SMILES string of the molecule is CN(C)C1CCN(C(=O)c2cccc(C#CCO)c2)CC1. The fraction of sp³-hybridized carbons (Fsp3) is 0.471. The maximum Gasteiger partial charge on any atom is 0.253 e. The summed E-state index contributed by atoms with van der Waals surface area (Å²) in [7, 11) is 4.18. The van der Waals surface area contributed by atoms with Gasteiger partial charge in [0, 0.05) is 30.3 Å². The summed E-state index contributed by atoms with van der Waals surface area (Å²) in [4.78, 5) is 16.7. The molecule has 2 rings (SSSR count). The molecule has 0 atom stereocenters. The molecule has 1 N–H and O–H groups in total. The predicted molar refractivity (Wildman–Crippen MR) is 83.0 cm³/mol. The zero-order valence-corrected chi connectivity index (χ0v) is 12.7. The molecule has 0 aliphatic carbocycles. The molecule has 0 unspecified atom stereocenters. The number of aliphatic hydroxyl groups excluding tert-OH is 1. The lowest BCUT2D eigenvalue weighted by Gasteiger charge is -2.35. The van der Waals surface area contributed by atoms with E-state index in [0.29, 0.717) is 11.6 Å². The molecular weight excluding hydrogens is 264 g/mol. The summed E-state index contributed by atoms with van der Waals surface area (Å²) in [6.45, 7) is 1.43. The van der Waals surface area contributed by atoms with Crippen LogP contribution in [0.3, 0.4) is 0 Å².